The number of hydrogen-bond donors (Lipinski definition) is 1. The molecular formula is C22H29NO4. The molecule has 1 atom stereocenters. The summed E-state index contributed by atoms with van der Waals surface area (Å²) in [4.78, 5) is 12.3. The number of rotatable bonds is 10. The highest BCUT2D eigenvalue weighted by molar-refractivity contribution is 5.80. The second kappa shape index (κ2) is 10.5. The van der Waals surface area contributed by atoms with E-state index in [-0.39, 0.29) is 5.91 Å². The molecule has 0 saturated carbocycles. The first-order chi connectivity index (χ1) is 13.1. The molecule has 0 aliphatic carbocycles. The Morgan fingerprint density at radius 2 is 1.78 bits per heavy atom. The number of benzene rings is 2. The van der Waals surface area contributed by atoms with Gasteiger partial charge in [-0.1, -0.05) is 31.2 Å². The predicted octanol–water partition coefficient (Wildman–Crippen LogP) is 3.78. The standard InChI is InChI=1S/C22H29NO4/c1-5-18-10-6-7-11-19(18)27-16(2)22(24)23-14-8-9-17-12-13-20(25-3)21(15-17)26-4/h6-7,10-13,15-16H,5,8-9,14H2,1-4H3,(H,23,24)/t16-/m1/s1. The monoisotopic (exact) mass is 371 g/mol. The van der Waals surface area contributed by atoms with E-state index in [1.807, 2.05) is 42.5 Å². The summed E-state index contributed by atoms with van der Waals surface area (Å²) in [5, 5.41) is 2.94. The van der Waals surface area contributed by atoms with Gasteiger partial charge in [0.05, 0.1) is 14.2 Å². The van der Waals surface area contributed by atoms with Crippen LogP contribution >= 0.6 is 0 Å². The molecule has 0 fully saturated rings. The van der Waals surface area contributed by atoms with Crippen LogP contribution in [0, 0.1) is 0 Å². The van der Waals surface area contributed by atoms with Crippen molar-refractivity contribution in [1.29, 1.82) is 0 Å². The third-order valence-corrected chi connectivity index (χ3v) is 4.42. The van der Waals surface area contributed by atoms with E-state index in [4.69, 9.17) is 14.2 Å². The van der Waals surface area contributed by atoms with E-state index in [9.17, 15) is 4.79 Å². The Labute approximate surface area is 161 Å². The van der Waals surface area contributed by atoms with Gasteiger partial charge in [0.25, 0.3) is 5.91 Å². The molecular weight excluding hydrogens is 342 g/mol. The molecule has 2 aromatic rings. The van der Waals surface area contributed by atoms with Crippen LogP contribution in [0.25, 0.3) is 0 Å². The number of carbonyl (C=O) groups excluding carboxylic acids is 1. The Kier molecular flexibility index (Phi) is 7.99. The molecule has 146 valence electrons. The zero-order valence-electron chi connectivity index (χ0n) is 16.6. The average molecular weight is 371 g/mol. The van der Waals surface area contributed by atoms with Gasteiger partial charge in [0, 0.05) is 6.54 Å². The first-order valence-corrected chi connectivity index (χ1v) is 9.32. The van der Waals surface area contributed by atoms with Crippen LogP contribution in [0.15, 0.2) is 42.5 Å². The summed E-state index contributed by atoms with van der Waals surface area (Å²) in [6, 6.07) is 13.7. The van der Waals surface area contributed by atoms with Crippen LogP contribution in [0.5, 0.6) is 17.2 Å². The number of amides is 1. The fraction of sp³-hybridized carbons (Fsp3) is 0.409. The molecule has 0 unspecified atom stereocenters. The Hall–Kier alpha value is -2.69. The molecule has 2 rings (SSSR count). The van der Waals surface area contributed by atoms with Crippen molar-refractivity contribution in [1.82, 2.24) is 5.32 Å². The number of aryl methyl sites for hydroxylation is 2. The Bertz CT molecular complexity index is 745. The largest absolute Gasteiger partial charge is 0.493 e. The molecule has 27 heavy (non-hydrogen) atoms. The van der Waals surface area contributed by atoms with E-state index in [0.717, 1.165) is 41.9 Å². The van der Waals surface area contributed by atoms with Crippen LogP contribution in [0.1, 0.15) is 31.4 Å². The first-order valence-electron chi connectivity index (χ1n) is 9.32. The molecule has 0 bridgehead atoms. The highest BCUT2D eigenvalue weighted by Gasteiger charge is 2.15. The maximum absolute atomic E-state index is 12.3. The fourth-order valence-electron chi connectivity index (χ4n) is 2.84. The summed E-state index contributed by atoms with van der Waals surface area (Å²) in [6.07, 6.45) is 2.02. The topological polar surface area (TPSA) is 56.8 Å². The van der Waals surface area contributed by atoms with Gasteiger partial charge in [0.15, 0.2) is 17.6 Å². The van der Waals surface area contributed by atoms with Gasteiger partial charge >= 0.3 is 0 Å². The van der Waals surface area contributed by atoms with Crippen LogP contribution in [0.4, 0.5) is 0 Å². The lowest BCUT2D eigenvalue weighted by molar-refractivity contribution is -0.127. The Morgan fingerprint density at radius 1 is 1.04 bits per heavy atom. The van der Waals surface area contributed by atoms with Crippen LogP contribution in [0.2, 0.25) is 0 Å². The van der Waals surface area contributed by atoms with Gasteiger partial charge in [-0.15, -0.1) is 0 Å². The normalized spacial score (nSPS) is 11.6. The van der Waals surface area contributed by atoms with Crippen molar-refractivity contribution in [3.05, 3.63) is 53.6 Å². The zero-order valence-corrected chi connectivity index (χ0v) is 16.6. The maximum atomic E-state index is 12.3. The summed E-state index contributed by atoms with van der Waals surface area (Å²) >= 11 is 0. The third-order valence-electron chi connectivity index (χ3n) is 4.42. The zero-order chi connectivity index (χ0) is 19.6. The van der Waals surface area contributed by atoms with Gasteiger partial charge < -0.3 is 19.5 Å². The molecule has 0 aliphatic heterocycles. The third kappa shape index (κ3) is 5.91. The summed E-state index contributed by atoms with van der Waals surface area (Å²) in [6.45, 7) is 4.44. The van der Waals surface area contributed by atoms with E-state index in [1.54, 1.807) is 21.1 Å². The molecule has 0 radical (unpaired) electrons. The Balaban J connectivity index is 1.78. The number of ether oxygens (including phenoxy) is 3. The first kappa shape index (κ1) is 20.6. The van der Waals surface area contributed by atoms with Crippen LogP contribution in [0.3, 0.4) is 0 Å². The molecule has 1 amide bonds. The van der Waals surface area contributed by atoms with Crippen LogP contribution in [-0.2, 0) is 17.6 Å². The molecule has 0 spiro atoms. The van der Waals surface area contributed by atoms with Crippen molar-refractivity contribution in [2.45, 2.75) is 39.2 Å². The maximum Gasteiger partial charge on any atom is 0.260 e. The number of methoxy groups -OCH3 is 2. The SMILES string of the molecule is CCc1ccccc1O[C@H](C)C(=O)NCCCc1ccc(OC)c(OC)c1. The van der Waals surface area contributed by atoms with Gasteiger partial charge in [-0.3, -0.25) is 4.79 Å². The molecule has 0 heterocycles. The number of nitrogens with one attached hydrogen (secondary N) is 1. The van der Waals surface area contributed by atoms with Gasteiger partial charge in [-0.25, -0.2) is 0 Å². The molecule has 0 aromatic heterocycles. The molecule has 0 aliphatic rings. The van der Waals surface area contributed by atoms with Crippen LogP contribution in [-0.4, -0.2) is 32.8 Å². The van der Waals surface area contributed by atoms with Crippen LogP contribution < -0.4 is 19.5 Å². The van der Waals surface area contributed by atoms with Crippen molar-refractivity contribution in [2.75, 3.05) is 20.8 Å². The van der Waals surface area contributed by atoms with Crippen molar-refractivity contribution in [2.24, 2.45) is 0 Å². The predicted molar refractivity (Wildman–Crippen MR) is 107 cm³/mol. The van der Waals surface area contributed by atoms with Gasteiger partial charge in [-0.05, 0) is 55.5 Å². The highest BCUT2D eigenvalue weighted by Crippen LogP contribution is 2.27. The van der Waals surface area contributed by atoms with E-state index in [0.29, 0.717) is 12.3 Å². The van der Waals surface area contributed by atoms with E-state index >= 15 is 0 Å². The van der Waals surface area contributed by atoms with Crippen molar-refractivity contribution >= 4 is 5.91 Å². The van der Waals surface area contributed by atoms with E-state index in [2.05, 4.69) is 12.2 Å². The summed E-state index contributed by atoms with van der Waals surface area (Å²) in [5.41, 5.74) is 2.24. The molecule has 0 saturated heterocycles. The molecule has 5 heteroatoms. The quantitative estimate of drug-likeness (QED) is 0.646. The van der Waals surface area contributed by atoms with Gasteiger partial charge in [0.2, 0.25) is 0 Å². The summed E-state index contributed by atoms with van der Waals surface area (Å²) in [7, 11) is 3.25. The minimum absolute atomic E-state index is 0.104. The smallest absolute Gasteiger partial charge is 0.260 e. The number of para-hydroxylation sites is 1. The summed E-state index contributed by atoms with van der Waals surface area (Å²) in [5.74, 6) is 2.10. The molecule has 2 aromatic carbocycles. The Morgan fingerprint density at radius 3 is 2.48 bits per heavy atom. The van der Waals surface area contributed by atoms with E-state index in [1.165, 1.54) is 0 Å². The molecule has 5 nitrogen and oxygen atoms in total. The number of hydrogen-bond acceptors (Lipinski definition) is 4. The van der Waals surface area contributed by atoms with Gasteiger partial charge in [0.1, 0.15) is 5.75 Å². The lowest BCUT2D eigenvalue weighted by Crippen LogP contribution is -2.37. The van der Waals surface area contributed by atoms with E-state index < -0.39 is 6.10 Å². The van der Waals surface area contributed by atoms with Crippen molar-refractivity contribution < 1.29 is 19.0 Å². The minimum Gasteiger partial charge on any atom is -0.493 e. The molecule has 1 N–H and O–H groups in total. The average Bonchev–Trinajstić information content (AvgIpc) is 2.71. The lowest BCUT2D eigenvalue weighted by atomic mass is 10.1. The fourth-order valence-corrected chi connectivity index (χ4v) is 2.84. The van der Waals surface area contributed by atoms with Crippen molar-refractivity contribution in [3.8, 4) is 17.2 Å². The lowest BCUT2D eigenvalue weighted by Gasteiger charge is -2.17. The number of carbonyl (C=O) groups is 1. The minimum atomic E-state index is -0.529. The summed E-state index contributed by atoms with van der Waals surface area (Å²) < 4.78 is 16.4. The second-order valence-electron chi connectivity index (χ2n) is 6.31. The van der Waals surface area contributed by atoms with Crippen molar-refractivity contribution in [3.63, 3.8) is 0 Å². The highest BCUT2D eigenvalue weighted by atomic mass is 16.5. The van der Waals surface area contributed by atoms with Gasteiger partial charge in [-0.2, -0.15) is 0 Å². The second-order valence-corrected chi connectivity index (χ2v) is 6.31.